The van der Waals surface area contributed by atoms with Crippen molar-refractivity contribution >= 4 is 27.5 Å². The lowest BCUT2D eigenvalue weighted by Gasteiger charge is -2.32. The van der Waals surface area contributed by atoms with Crippen LogP contribution in [0.15, 0.2) is 30.3 Å². The number of sulfonamides is 1. The second-order valence-corrected chi connectivity index (χ2v) is 7.57. The second kappa shape index (κ2) is 6.99. The highest BCUT2D eigenvalue weighted by molar-refractivity contribution is 7.92. The first-order valence-electron chi connectivity index (χ1n) is 7.39. The minimum atomic E-state index is -3.56. The number of benzene rings is 1. The van der Waals surface area contributed by atoms with Crippen LogP contribution in [0, 0.1) is 5.92 Å². The summed E-state index contributed by atoms with van der Waals surface area (Å²) in [7, 11) is -3.56. The average molecular weight is 339 g/mol. The summed E-state index contributed by atoms with van der Waals surface area (Å²) in [5.74, 6) is -0.833. The second-order valence-electron chi connectivity index (χ2n) is 5.66. The van der Waals surface area contributed by atoms with Crippen LogP contribution in [0.4, 0.5) is 5.69 Å². The number of carbonyl (C=O) groups is 2. The molecule has 0 unspecified atom stereocenters. The Balaban J connectivity index is 2.06. The van der Waals surface area contributed by atoms with Crippen molar-refractivity contribution in [2.75, 3.05) is 30.2 Å². The van der Waals surface area contributed by atoms with Gasteiger partial charge < -0.3 is 10.6 Å². The Kier molecular flexibility index (Phi) is 5.25. The molecule has 1 aliphatic rings. The van der Waals surface area contributed by atoms with E-state index >= 15 is 0 Å². The molecule has 23 heavy (non-hydrogen) atoms. The standard InChI is InChI=1S/C15H21N3O4S/c1-23(21,22)18(13-5-3-2-4-6-13)11-14(19)17-9-7-12(8-10-17)15(16)20/h2-6,12H,7-11H2,1H3,(H2,16,20). The van der Waals surface area contributed by atoms with Gasteiger partial charge in [0.25, 0.3) is 0 Å². The van der Waals surface area contributed by atoms with E-state index in [4.69, 9.17) is 5.73 Å². The Labute approximate surface area is 136 Å². The third-order valence-electron chi connectivity index (χ3n) is 3.97. The largest absolute Gasteiger partial charge is 0.369 e. The van der Waals surface area contributed by atoms with E-state index < -0.39 is 10.0 Å². The van der Waals surface area contributed by atoms with E-state index in [1.54, 1.807) is 35.2 Å². The molecular formula is C15H21N3O4S. The molecule has 0 aliphatic carbocycles. The Morgan fingerprint density at radius 3 is 2.26 bits per heavy atom. The van der Waals surface area contributed by atoms with Crippen molar-refractivity contribution in [1.29, 1.82) is 0 Å². The number of rotatable bonds is 5. The fourth-order valence-electron chi connectivity index (χ4n) is 2.63. The lowest BCUT2D eigenvalue weighted by Crippen LogP contribution is -2.47. The number of carbonyl (C=O) groups excluding carboxylic acids is 2. The molecule has 2 N–H and O–H groups in total. The lowest BCUT2D eigenvalue weighted by molar-refractivity contribution is -0.133. The number of nitrogens with zero attached hydrogens (tertiary/aromatic N) is 2. The van der Waals surface area contributed by atoms with Crippen LogP contribution in [0.1, 0.15) is 12.8 Å². The maximum Gasteiger partial charge on any atom is 0.243 e. The maximum atomic E-state index is 12.4. The molecular weight excluding hydrogens is 318 g/mol. The van der Waals surface area contributed by atoms with Crippen molar-refractivity contribution in [1.82, 2.24) is 4.90 Å². The Morgan fingerprint density at radius 2 is 1.78 bits per heavy atom. The fraction of sp³-hybridized carbons (Fsp3) is 0.467. The van der Waals surface area contributed by atoms with Crippen LogP contribution in [0.3, 0.4) is 0 Å². The first-order chi connectivity index (χ1) is 10.8. The third kappa shape index (κ3) is 4.44. The zero-order valence-electron chi connectivity index (χ0n) is 13.0. The molecule has 1 aromatic carbocycles. The molecule has 1 aromatic rings. The van der Waals surface area contributed by atoms with Gasteiger partial charge >= 0.3 is 0 Å². The van der Waals surface area contributed by atoms with E-state index in [2.05, 4.69) is 0 Å². The number of likely N-dealkylation sites (tertiary alicyclic amines) is 1. The minimum absolute atomic E-state index is 0.209. The van der Waals surface area contributed by atoms with Gasteiger partial charge in [-0.05, 0) is 25.0 Å². The van der Waals surface area contributed by atoms with Crippen LogP contribution >= 0.6 is 0 Å². The molecule has 0 saturated carbocycles. The topological polar surface area (TPSA) is 101 Å². The molecule has 1 aliphatic heterocycles. The highest BCUT2D eigenvalue weighted by Crippen LogP contribution is 2.20. The molecule has 2 rings (SSSR count). The summed E-state index contributed by atoms with van der Waals surface area (Å²) in [4.78, 5) is 25.1. The number of amides is 2. The van der Waals surface area contributed by atoms with Crippen molar-refractivity contribution < 1.29 is 18.0 Å². The van der Waals surface area contributed by atoms with Crippen molar-refractivity contribution in [2.24, 2.45) is 11.7 Å². The SMILES string of the molecule is CS(=O)(=O)N(CC(=O)N1CCC(C(N)=O)CC1)c1ccccc1. The number of para-hydroxylation sites is 1. The van der Waals surface area contributed by atoms with Gasteiger partial charge in [0.2, 0.25) is 21.8 Å². The summed E-state index contributed by atoms with van der Waals surface area (Å²) in [6.07, 6.45) is 2.11. The molecule has 2 amide bonds. The molecule has 1 fully saturated rings. The van der Waals surface area contributed by atoms with Crippen LogP contribution < -0.4 is 10.0 Å². The van der Waals surface area contributed by atoms with Gasteiger partial charge in [-0.15, -0.1) is 0 Å². The molecule has 0 aromatic heterocycles. The van der Waals surface area contributed by atoms with Gasteiger partial charge in [0.15, 0.2) is 0 Å². The monoisotopic (exact) mass is 339 g/mol. The number of primary amides is 1. The van der Waals surface area contributed by atoms with Crippen LogP contribution in [-0.2, 0) is 19.6 Å². The summed E-state index contributed by atoms with van der Waals surface area (Å²) in [6, 6.07) is 8.51. The van der Waals surface area contributed by atoms with Gasteiger partial charge in [0.05, 0.1) is 11.9 Å². The van der Waals surface area contributed by atoms with Crippen molar-refractivity contribution in [3.8, 4) is 0 Å². The molecule has 1 saturated heterocycles. The van der Waals surface area contributed by atoms with Gasteiger partial charge in [0, 0.05) is 19.0 Å². The zero-order chi connectivity index (χ0) is 17.0. The van der Waals surface area contributed by atoms with E-state index in [-0.39, 0.29) is 24.3 Å². The number of hydrogen-bond donors (Lipinski definition) is 1. The molecule has 126 valence electrons. The number of nitrogens with two attached hydrogens (primary N) is 1. The van der Waals surface area contributed by atoms with Crippen molar-refractivity contribution in [3.05, 3.63) is 30.3 Å². The average Bonchev–Trinajstić information content (AvgIpc) is 2.52. The smallest absolute Gasteiger partial charge is 0.243 e. The predicted molar refractivity (Wildman–Crippen MR) is 87.1 cm³/mol. The first kappa shape index (κ1) is 17.3. The normalized spacial score (nSPS) is 16.1. The Hall–Kier alpha value is -2.09. The lowest BCUT2D eigenvalue weighted by atomic mass is 9.96. The minimum Gasteiger partial charge on any atom is -0.369 e. The van der Waals surface area contributed by atoms with E-state index in [1.165, 1.54) is 0 Å². The maximum absolute atomic E-state index is 12.4. The first-order valence-corrected chi connectivity index (χ1v) is 9.23. The molecule has 7 nitrogen and oxygen atoms in total. The zero-order valence-corrected chi connectivity index (χ0v) is 13.8. The molecule has 1 heterocycles. The number of hydrogen-bond acceptors (Lipinski definition) is 4. The molecule has 0 spiro atoms. The van der Waals surface area contributed by atoms with Gasteiger partial charge in [-0.1, -0.05) is 18.2 Å². The highest BCUT2D eigenvalue weighted by Gasteiger charge is 2.28. The van der Waals surface area contributed by atoms with E-state index in [0.717, 1.165) is 10.6 Å². The van der Waals surface area contributed by atoms with Crippen molar-refractivity contribution in [3.63, 3.8) is 0 Å². The van der Waals surface area contributed by atoms with E-state index in [1.807, 2.05) is 0 Å². The van der Waals surface area contributed by atoms with E-state index in [0.29, 0.717) is 31.6 Å². The summed E-state index contributed by atoms with van der Waals surface area (Å²) in [5.41, 5.74) is 5.73. The molecule has 0 atom stereocenters. The van der Waals surface area contributed by atoms with Crippen molar-refractivity contribution in [2.45, 2.75) is 12.8 Å². The summed E-state index contributed by atoms with van der Waals surface area (Å²) >= 11 is 0. The van der Waals surface area contributed by atoms with E-state index in [9.17, 15) is 18.0 Å². The van der Waals surface area contributed by atoms with Crippen LogP contribution in [0.25, 0.3) is 0 Å². The van der Waals surface area contributed by atoms with Gasteiger partial charge in [0.1, 0.15) is 6.54 Å². The van der Waals surface area contributed by atoms with Crippen LogP contribution in [0.5, 0.6) is 0 Å². The Morgan fingerprint density at radius 1 is 1.22 bits per heavy atom. The molecule has 0 radical (unpaired) electrons. The van der Waals surface area contributed by atoms with Gasteiger partial charge in [-0.25, -0.2) is 8.42 Å². The third-order valence-corrected chi connectivity index (χ3v) is 5.11. The summed E-state index contributed by atoms with van der Waals surface area (Å²) in [5, 5.41) is 0. The van der Waals surface area contributed by atoms with Gasteiger partial charge in [-0.3, -0.25) is 13.9 Å². The number of piperidine rings is 1. The predicted octanol–water partition coefficient (Wildman–Crippen LogP) is 0.177. The Bertz CT molecular complexity index is 667. The summed E-state index contributed by atoms with van der Waals surface area (Å²) < 4.78 is 25.1. The molecule has 0 bridgehead atoms. The highest BCUT2D eigenvalue weighted by atomic mass is 32.2. The molecule has 8 heteroatoms. The summed E-state index contributed by atoms with van der Waals surface area (Å²) in [6.45, 7) is 0.585. The van der Waals surface area contributed by atoms with Crippen LogP contribution in [-0.4, -0.2) is 51.0 Å². The fourth-order valence-corrected chi connectivity index (χ4v) is 3.48. The number of anilines is 1. The quantitative estimate of drug-likeness (QED) is 0.826. The van der Waals surface area contributed by atoms with Gasteiger partial charge in [-0.2, -0.15) is 0 Å². The van der Waals surface area contributed by atoms with Crippen LogP contribution in [0.2, 0.25) is 0 Å².